The second-order valence-electron chi connectivity index (χ2n) is 6.56. The van der Waals surface area contributed by atoms with E-state index in [1.807, 2.05) is 24.3 Å². The molecule has 0 unspecified atom stereocenters. The first kappa shape index (κ1) is 20.8. The van der Waals surface area contributed by atoms with Crippen LogP contribution >= 0.6 is 0 Å². The Balaban J connectivity index is 1.49. The fourth-order valence-electron chi connectivity index (χ4n) is 3.06. The molecule has 0 spiro atoms. The number of rotatable bonds is 6. The van der Waals surface area contributed by atoms with Gasteiger partial charge in [0.25, 0.3) is 5.91 Å². The number of nitrogens with zero attached hydrogens (tertiary/aromatic N) is 1. The van der Waals surface area contributed by atoms with Gasteiger partial charge in [-0.25, -0.2) is 4.79 Å². The zero-order valence-corrected chi connectivity index (χ0v) is 16.3. The molecule has 2 aromatic rings. The quantitative estimate of drug-likeness (QED) is 0.703. The minimum Gasteiger partial charge on any atom is -0.467 e. The van der Waals surface area contributed by atoms with Crippen molar-refractivity contribution >= 4 is 29.9 Å². The fourth-order valence-corrected chi connectivity index (χ4v) is 3.06. The van der Waals surface area contributed by atoms with Crippen molar-refractivity contribution in [2.45, 2.75) is 25.9 Å². The molecule has 2 heterocycles. The molecule has 156 valence electrons. The Kier molecular flexibility index (Phi) is 6.63. The number of nitrogens with one attached hydrogen (secondary N) is 2. The number of fused-ring (bicyclic) bond motifs is 1. The van der Waals surface area contributed by atoms with Gasteiger partial charge >= 0.3 is 12.0 Å². The minimum absolute atomic E-state index is 0.112. The zero-order chi connectivity index (χ0) is 21.5. The third-order valence-corrected chi connectivity index (χ3v) is 4.45. The summed E-state index contributed by atoms with van der Waals surface area (Å²) in [5.74, 6) is -1.12. The van der Waals surface area contributed by atoms with Crippen LogP contribution in [0.5, 0.6) is 0 Å². The van der Waals surface area contributed by atoms with Crippen LogP contribution in [0.25, 0.3) is 6.08 Å². The molecule has 1 aliphatic heterocycles. The Hall–Kier alpha value is -3.88. The second-order valence-corrected chi connectivity index (χ2v) is 6.56. The zero-order valence-electron chi connectivity index (χ0n) is 16.3. The molecule has 2 N–H and O–H groups in total. The summed E-state index contributed by atoms with van der Waals surface area (Å²) in [6.07, 6.45) is 4.76. The topological polar surface area (TPSA) is 118 Å². The number of benzene rings is 1. The van der Waals surface area contributed by atoms with Crippen LogP contribution in [0.3, 0.4) is 0 Å². The standard InChI is InChI=1S/C21H21N3O6/c1-14(25)24-9-8-15-5-2-3-7-17(15)18(24)11-20(27)30-13-19(26)23-21(28)22-12-16-6-4-10-29-16/h2-10,18H,11-13H2,1H3,(H2,22,23,26,28)/t18-/m0/s1. The van der Waals surface area contributed by atoms with Crippen molar-refractivity contribution in [2.24, 2.45) is 0 Å². The van der Waals surface area contributed by atoms with E-state index in [9.17, 15) is 19.2 Å². The van der Waals surface area contributed by atoms with Gasteiger partial charge in [-0.15, -0.1) is 0 Å². The van der Waals surface area contributed by atoms with Crippen LogP contribution in [0.1, 0.15) is 36.3 Å². The molecule has 1 atom stereocenters. The smallest absolute Gasteiger partial charge is 0.321 e. The van der Waals surface area contributed by atoms with Crippen LogP contribution in [0.15, 0.2) is 53.3 Å². The molecular formula is C21H21N3O6. The summed E-state index contributed by atoms with van der Waals surface area (Å²) >= 11 is 0. The summed E-state index contributed by atoms with van der Waals surface area (Å²) in [5.41, 5.74) is 1.72. The van der Waals surface area contributed by atoms with E-state index >= 15 is 0 Å². The Morgan fingerprint density at radius 1 is 1.13 bits per heavy atom. The lowest BCUT2D eigenvalue weighted by Crippen LogP contribution is -2.41. The Labute approximate surface area is 172 Å². The molecule has 3 rings (SSSR count). The minimum atomic E-state index is -0.771. The first-order chi connectivity index (χ1) is 14.4. The molecule has 0 fully saturated rings. The lowest BCUT2D eigenvalue weighted by molar-refractivity contribution is -0.149. The number of hydrogen-bond donors (Lipinski definition) is 2. The van der Waals surface area contributed by atoms with Gasteiger partial charge in [0, 0.05) is 13.1 Å². The average molecular weight is 411 g/mol. The maximum absolute atomic E-state index is 12.3. The van der Waals surface area contributed by atoms with Gasteiger partial charge in [-0.3, -0.25) is 19.7 Å². The molecule has 30 heavy (non-hydrogen) atoms. The molecule has 1 aromatic heterocycles. The highest BCUT2D eigenvalue weighted by molar-refractivity contribution is 5.95. The summed E-state index contributed by atoms with van der Waals surface area (Å²) < 4.78 is 10.1. The SMILES string of the molecule is CC(=O)N1C=Cc2ccccc2[C@@H]1CC(=O)OCC(=O)NC(=O)NCc1ccco1. The second kappa shape index (κ2) is 9.55. The van der Waals surface area contributed by atoms with E-state index in [1.54, 1.807) is 24.4 Å². The summed E-state index contributed by atoms with van der Waals surface area (Å²) in [6.45, 7) is 0.907. The van der Waals surface area contributed by atoms with Gasteiger partial charge in [-0.2, -0.15) is 0 Å². The van der Waals surface area contributed by atoms with Crippen LogP contribution in [0.2, 0.25) is 0 Å². The number of urea groups is 1. The van der Waals surface area contributed by atoms with Crippen molar-refractivity contribution in [3.8, 4) is 0 Å². The number of ether oxygens (including phenoxy) is 1. The van der Waals surface area contributed by atoms with Crippen molar-refractivity contribution in [1.82, 2.24) is 15.5 Å². The predicted octanol–water partition coefficient (Wildman–Crippen LogP) is 2.11. The van der Waals surface area contributed by atoms with Crippen LogP contribution in [-0.4, -0.2) is 35.3 Å². The average Bonchev–Trinajstić information content (AvgIpc) is 3.24. The summed E-state index contributed by atoms with van der Waals surface area (Å²) in [7, 11) is 0. The molecule has 1 aliphatic rings. The number of amides is 4. The third-order valence-electron chi connectivity index (χ3n) is 4.45. The van der Waals surface area contributed by atoms with Crippen molar-refractivity contribution in [3.63, 3.8) is 0 Å². The van der Waals surface area contributed by atoms with Crippen molar-refractivity contribution in [1.29, 1.82) is 0 Å². The summed E-state index contributed by atoms with van der Waals surface area (Å²) in [6, 6.07) is 9.49. The van der Waals surface area contributed by atoms with Gasteiger partial charge in [0.1, 0.15) is 5.76 Å². The van der Waals surface area contributed by atoms with Gasteiger partial charge in [-0.05, 0) is 29.3 Å². The highest BCUT2D eigenvalue weighted by atomic mass is 16.5. The van der Waals surface area contributed by atoms with Crippen LogP contribution < -0.4 is 10.6 Å². The van der Waals surface area contributed by atoms with E-state index in [0.717, 1.165) is 11.1 Å². The van der Waals surface area contributed by atoms with E-state index in [1.165, 1.54) is 18.1 Å². The number of carbonyl (C=O) groups is 4. The highest BCUT2D eigenvalue weighted by Crippen LogP contribution is 2.32. The first-order valence-electron chi connectivity index (χ1n) is 9.25. The van der Waals surface area contributed by atoms with Crippen LogP contribution in [-0.2, 0) is 25.7 Å². The monoisotopic (exact) mass is 411 g/mol. The van der Waals surface area contributed by atoms with Gasteiger partial charge in [0.05, 0.1) is 25.3 Å². The number of furan rings is 1. The highest BCUT2D eigenvalue weighted by Gasteiger charge is 2.29. The van der Waals surface area contributed by atoms with E-state index in [0.29, 0.717) is 5.76 Å². The molecular weight excluding hydrogens is 390 g/mol. The largest absolute Gasteiger partial charge is 0.467 e. The Morgan fingerprint density at radius 3 is 2.67 bits per heavy atom. The van der Waals surface area contributed by atoms with E-state index < -0.39 is 30.6 Å². The Bertz CT molecular complexity index is 967. The number of carbonyl (C=O) groups excluding carboxylic acids is 4. The summed E-state index contributed by atoms with van der Waals surface area (Å²) in [4.78, 5) is 49.2. The number of hydrogen-bond acceptors (Lipinski definition) is 6. The molecule has 9 nitrogen and oxygen atoms in total. The van der Waals surface area contributed by atoms with E-state index in [-0.39, 0.29) is 18.9 Å². The van der Waals surface area contributed by atoms with E-state index in [2.05, 4.69) is 10.6 Å². The van der Waals surface area contributed by atoms with Crippen molar-refractivity contribution < 1.29 is 28.3 Å². The molecule has 0 bridgehead atoms. The molecule has 9 heteroatoms. The van der Waals surface area contributed by atoms with Gasteiger partial charge in [-0.1, -0.05) is 24.3 Å². The van der Waals surface area contributed by atoms with Crippen molar-refractivity contribution in [3.05, 3.63) is 65.7 Å². The van der Waals surface area contributed by atoms with Gasteiger partial charge in [0.2, 0.25) is 5.91 Å². The lowest BCUT2D eigenvalue weighted by atomic mass is 9.94. The Morgan fingerprint density at radius 2 is 1.93 bits per heavy atom. The molecule has 1 aromatic carbocycles. The normalized spacial score (nSPS) is 14.6. The van der Waals surface area contributed by atoms with E-state index in [4.69, 9.17) is 9.15 Å². The van der Waals surface area contributed by atoms with Crippen molar-refractivity contribution in [2.75, 3.05) is 6.61 Å². The summed E-state index contributed by atoms with van der Waals surface area (Å²) in [5, 5.41) is 4.50. The first-order valence-corrected chi connectivity index (χ1v) is 9.25. The van der Waals surface area contributed by atoms with Crippen LogP contribution in [0, 0.1) is 0 Å². The van der Waals surface area contributed by atoms with Crippen LogP contribution in [0.4, 0.5) is 4.79 Å². The van der Waals surface area contributed by atoms with Gasteiger partial charge in [0.15, 0.2) is 6.61 Å². The number of imide groups is 1. The molecule has 0 radical (unpaired) electrons. The molecule has 4 amide bonds. The third kappa shape index (κ3) is 5.34. The molecule has 0 saturated carbocycles. The maximum atomic E-state index is 12.3. The maximum Gasteiger partial charge on any atom is 0.321 e. The lowest BCUT2D eigenvalue weighted by Gasteiger charge is -2.32. The molecule has 0 saturated heterocycles. The number of esters is 1. The van der Waals surface area contributed by atoms with Gasteiger partial charge < -0.3 is 19.4 Å². The predicted molar refractivity (Wildman–Crippen MR) is 105 cm³/mol. The molecule has 0 aliphatic carbocycles. The fraction of sp³-hybridized carbons (Fsp3) is 0.238.